The molecule has 6 nitrogen and oxygen atoms in total. The van der Waals surface area contributed by atoms with E-state index in [9.17, 15) is 19.8 Å². The molecule has 0 aromatic heterocycles. The summed E-state index contributed by atoms with van der Waals surface area (Å²) in [4.78, 5) is 26.1. The Bertz CT molecular complexity index is 1260. The van der Waals surface area contributed by atoms with Crippen LogP contribution < -0.4 is 5.32 Å². The van der Waals surface area contributed by atoms with Crippen molar-refractivity contribution in [2.75, 3.05) is 6.61 Å². The van der Waals surface area contributed by atoms with E-state index >= 15 is 0 Å². The van der Waals surface area contributed by atoms with Crippen molar-refractivity contribution in [2.24, 2.45) is 0 Å². The Kier molecular flexibility index (Phi) is 47.2. The normalized spacial score (nSPS) is 14.0. The highest BCUT2D eigenvalue weighted by Gasteiger charge is 2.24. The highest BCUT2D eigenvalue weighted by Crippen LogP contribution is 2.17. The number of aliphatic hydroxyl groups excluding tert-OH is 2. The molecule has 6 heteroatoms. The number of nitrogens with one attached hydrogen (secondary N) is 1. The molecule has 0 saturated carbocycles. The maximum Gasteiger partial charge on any atom is 0.306 e. The standard InChI is InChI=1S/C57H97NO5/c1-4-7-10-13-16-19-22-25-27-28-29-32-35-38-41-44-47-50-57(62)63-53(48-45-42-39-36-33-30-24-21-18-15-12-9-6-3)51-56(61)58-54(52-59)55(60)49-46-43-40-37-34-31-26-23-20-17-14-11-8-5-2/h9,12,15-16,18-19,21,24-25,27,29-30,32-33,36,39,53-55,59-60H,4-8,10-11,13-14,17,20,22-23,26,28,31,34-35,37-38,40-52H2,1-3H3,(H,58,61)/b12-9+,18-15+,19-16-,24-21-,27-25-,32-29-,33-30-,39-36+. The van der Waals surface area contributed by atoms with Gasteiger partial charge in [0.25, 0.3) is 0 Å². The van der Waals surface area contributed by atoms with E-state index < -0.39 is 18.2 Å². The van der Waals surface area contributed by atoms with Gasteiger partial charge in [-0.15, -0.1) is 0 Å². The van der Waals surface area contributed by atoms with Crippen LogP contribution in [0.5, 0.6) is 0 Å². The Morgan fingerprint density at radius 1 is 0.492 bits per heavy atom. The molecular weight excluding hydrogens is 779 g/mol. The molecule has 0 aliphatic heterocycles. The van der Waals surface area contributed by atoms with Crippen LogP contribution in [0, 0.1) is 0 Å². The number of carbonyl (C=O) groups excluding carboxylic acids is 2. The second kappa shape index (κ2) is 49.8. The number of rotatable bonds is 45. The molecule has 0 fully saturated rings. The number of esters is 1. The van der Waals surface area contributed by atoms with E-state index in [0.717, 1.165) is 83.5 Å². The minimum Gasteiger partial charge on any atom is -0.462 e. The molecule has 3 N–H and O–H groups in total. The van der Waals surface area contributed by atoms with Crippen LogP contribution in [0.25, 0.3) is 0 Å². The molecule has 0 bridgehead atoms. The molecule has 0 aromatic rings. The van der Waals surface area contributed by atoms with Gasteiger partial charge >= 0.3 is 5.97 Å². The average Bonchev–Trinajstić information content (AvgIpc) is 3.28. The maximum absolute atomic E-state index is 13.2. The first-order valence-corrected chi connectivity index (χ1v) is 26.0. The molecule has 0 aliphatic rings. The third-order valence-electron chi connectivity index (χ3n) is 11.3. The van der Waals surface area contributed by atoms with Gasteiger partial charge in [0, 0.05) is 6.42 Å². The summed E-state index contributed by atoms with van der Waals surface area (Å²) in [6.07, 6.45) is 66.1. The SMILES string of the molecule is CC/C=C/C=C/C=C\C=C/C=C/CCCC(CC(=O)NC(CO)C(O)CCCCCCCCCCCCCCCC)OC(=O)CCCCCC/C=C\C/C=C\C/C=C\CCCCC. The van der Waals surface area contributed by atoms with E-state index in [1.807, 2.05) is 48.6 Å². The Balaban J connectivity index is 4.71. The molecule has 63 heavy (non-hydrogen) atoms. The van der Waals surface area contributed by atoms with Crippen LogP contribution in [0.4, 0.5) is 0 Å². The predicted molar refractivity (Wildman–Crippen MR) is 273 cm³/mol. The first-order valence-electron chi connectivity index (χ1n) is 26.0. The summed E-state index contributed by atoms with van der Waals surface area (Å²) in [6.45, 7) is 6.28. The van der Waals surface area contributed by atoms with Gasteiger partial charge in [-0.2, -0.15) is 0 Å². The number of amides is 1. The molecule has 0 aliphatic carbocycles. The molecule has 0 aromatic carbocycles. The lowest BCUT2D eigenvalue weighted by Crippen LogP contribution is -2.46. The molecule has 1 amide bonds. The van der Waals surface area contributed by atoms with E-state index in [0.29, 0.717) is 19.3 Å². The molecule has 0 saturated heterocycles. The minimum atomic E-state index is -0.816. The second-order valence-corrected chi connectivity index (χ2v) is 17.3. The lowest BCUT2D eigenvalue weighted by molar-refractivity contribution is -0.151. The topological polar surface area (TPSA) is 95.9 Å². The van der Waals surface area contributed by atoms with E-state index in [-0.39, 0.29) is 24.9 Å². The van der Waals surface area contributed by atoms with Crippen molar-refractivity contribution >= 4 is 11.9 Å². The van der Waals surface area contributed by atoms with Crippen molar-refractivity contribution in [3.05, 3.63) is 97.2 Å². The Morgan fingerprint density at radius 2 is 0.937 bits per heavy atom. The molecule has 3 unspecified atom stereocenters. The largest absolute Gasteiger partial charge is 0.462 e. The van der Waals surface area contributed by atoms with Gasteiger partial charge in [0.2, 0.25) is 5.91 Å². The third kappa shape index (κ3) is 45.2. The smallest absolute Gasteiger partial charge is 0.306 e. The Morgan fingerprint density at radius 3 is 1.49 bits per heavy atom. The fourth-order valence-corrected chi connectivity index (χ4v) is 7.35. The van der Waals surface area contributed by atoms with Crippen LogP contribution in [0.3, 0.4) is 0 Å². The first kappa shape index (κ1) is 59.8. The molecule has 3 atom stereocenters. The van der Waals surface area contributed by atoms with Crippen molar-refractivity contribution in [1.82, 2.24) is 5.32 Å². The average molecular weight is 876 g/mol. The summed E-state index contributed by atoms with van der Waals surface area (Å²) >= 11 is 0. The van der Waals surface area contributed by atoms with E-state index in [4.69, 9.17) is 4.74 Å². The van der Waals surface area contributed by atoms with Crippen LogP contribution in [0.1, 0.15) is 226 Å². The zero-order valence-electron chi connectivity index (χ0n) is 40.9. The van der Waals surface area contributed by atoms with Gasteiger partial charge < -0.3 is 20.3 Å². The molecular formula is C57H97NO5. The number of hydrogen-bond acceptors (Lipinski definition) is 5. The summed E-state index contributed by atoms with van der Waals surface area (Å²) in [6, 6.07) is -0.735. The summed E-state index contributed by atoms with van der Waals surface area (Å²) < 4.78 is 5.88. The Hall–Kier alpha value is -3.22. The summed E-state index contributed by atoms with van der Waals surface area (Å²) in [5.41, 5.74) is 0. The van der Waals surface area contributed by atoms with Crippen LogP contribution >= 0.6 is 0 Å². The number of ether oxygens (including phenoxy) is 1. The predicted octanol–water partition coefficient (Wildman–Crippen LogP) is 15.7. The van der Waals surface area contributed by atoms with E-state index in [2.05, 4.69) is 74.7 Å². The fraction of sp³-hybridized carbons (Fsp3) is 0.684. The quantitative estimate of drug-likeness (QED) is 0.0245. The van der Waals surface area contributed by atoms with Gasteiger partial charge in [0.1, 0.15) is 6.10 Å². The van der Waals surface area contributed by atoms with Gasteiger partial charge in [-0.3, -0.25) is 9.59 Å². The molecule has 0 spiro atoms. The summed E-state index contributed by atoms with van der Waals surface area (Å²) in [5.74, 6) is -0.578. The van der Waals surface area contributed by atoms with Crippen LogP contribution in [-0.2, 0) is 14.3 Å². The molecule has 0 radical (unpaired) electrons. The Labute approximate surface area is 388 Å². The zero-order chi connectivity index (χ0) is 45.9. The van der Waals surface area contributed by atoms with Gasteiger partial charge in [-0.05, 0) is 77.0 Å². The van der Waals surface area contributed by atoms with Gasteiger partial charge in [0.05, 0.1) is 25.2 Å². The monoisotopic (exact) mass is 876 g/mol. The number of allylic oxidation sites excluding steroid dienone is 16. The number of aliphatic hydroxyl groups is 2. The van der Waals surface area contributed by atoms with Crippen LogP contribution in [-0.4, -0.2) is 46.9 Å². The van der Waals surface area contributed by atoms with Crippen LogP contribution in [0.15, 0.2) is 97.2 Å². The van der Waals surface area contributed by atoms with Crippen molar-refractivity contribution in [3.63, 3.8) is 0 Å². The highest BCUT2D eigenvalue weighted by atomic mass is 16.5. The molecule has 0 rings (SSSR count). The summed E-state index contributed by atoms with van der Waals surface area (Å²) in [7, 11) is 0. The van der Waals surface area contributed by atoms with Crippen molar-refractivity contribution in [2.45, 2.75) is 244 Å². The summed E-state index contributed by atoms with van der Waals surface area (Å²) in [5, 5.41) is 23.7. The van der Waals surface area contributed by atoms with Crippen molar-refractivity contribution < 1.29 is 24.5 Å². The molecule has 0 heterocycles. The maximum atomic E-state index is 13.2. The van der Waals surface area contributed by atoms with E-state index in [1.165, 1.54) is 96.3 Å². The fourth-order valence-electron chi connectivity index (χ4n) is 7.35. The third-order valence-corrected chi connectivity index (χ3v) is 11.3. The minimum absolute atomic E-state index is 0.0143. The van der Waals surface area contributed by atoms with Gasteiger partial charge in [-0.25, -0.2) is 0 Å². The number of unbranched alkanes of at least 4 members (excludes halogenated alkanes) is 21. The second-order valence-electron chi connectivity index (χ2n) is 17.3. The highest BCUT2D eigenvalue weighted by molar-refractivity contribution is 5.77. The molecule has 360 valence electrons. The number of carbonyl (C=O) groups is 2. The van der Waals surface area contributed by atoms with Gasteiger partial charge in [0.15, 0.2) is 0 Å². The zero-order valence-corrected chi connectivity index (χ0v) is 40.9. The van der Waals surface area contributed by atoms with Crippen molar-refractivity contribution in [3.8, 4) is 0 Å². The first-order chi connectivity index (χ1) is 31.0. The van der Waals surface area contributed by atoms with Crippen LogP contribution in [0.2, 0.25) is 0 Å². The van der Waals surface area contributed by atoms with Crippen molar-refractivity contribution in [1.29, 1.82) is 0 Å². The van der Waals surface area contributed by atoms with E-state index in [1.54, 1.807) is 0 Å². The van der Waals surface area contributed by atoms with Gasteiger partial charge in [-0.1, -0.05) is 234 Å². The lowest BCUT2D eigenvalue weighted by atomic mass is 10.0. The number of hydrogen-bond donors (Lipinski definition) is 3. The lowest BCUT2D eigenvalue weighted by Gasteiger charge is -2.24.